The van der Waals surface area contributed by atoms with Crippen LogP contribution in [0.1, 0.15) is 25.0 Å². The molecule has 0 unspecified atom stereocenters. The van der Waals surface area contributed by atoms with E-state index in [4.69, 9.17) is 0 Å². The molecular formula is C57H41N3. The summed E-state index contributed by atoms with van der Waals surface area (Å²) >= 11 is 0. The van der Waals surface area contributed by atoms with E-state index < -0.39 is 0 Å². The molecule has 0 spiro atoms. The largest absolute Gasteiger partial charge is 0.310 e. The van der Waals surface area contributed by atoms with Crippen molar-refractivity contribution in [2.75, 3.05) is 4.90 Å². The Balaban J connectivity index is 1.17. The fourth-order valence-corrected chi connectivity index (χ4v) is 10.2. The molecule has 0 saturated heterocycles. The molecule has 2 heterocycles. The number of aromatic nitrogens is 2. The molecule has 1 aliphatic rings. The van der Waals surface area contributed by atoms with Crippen molar-refractivity contribution < 1.29 is 0 Å². The van der Waals surface area contributed by atoms with E-state index in [1.807, 2.05) is 0 Å². The monoisotopic (exact) mass is 767 g/mol. The van der Waals surface area contributed by atoms with E-state index in [-0.39, 0.29) is 5.41 Å². The topological polar surface area (TPSA) is 13.1 Å². The fraction of sp³-hybridized carbons (Fsp3) is 0.0526. The Kier molecular flexibility index (Phi) is 7.58. The highest BCUT2D eigenvalue weighted by Gasteiger charge is 2.38. The molecule has 284 valence electrons. The van der Waals surface area contributed by atoms with Crippen LogP contribution in [0.3, 0.4) is 0 Å². The van der Waals surface area contributed by atoms with Gasteiger partial charge in [-0.3, -0.25) is 0 Å². The summed E-state index contributed by atoms with van der Waals surface area (Å²) in [6.45, 7) is 4.77. The third-order valence-electron chi connectivity index (χ3n) is 12.8. The molecule has 2 aromatic heterocycles. The molecule has 12 rings (SSSR count). The van der Waals surface area contributed by atoms with Crippen LogP contribution >= 0.6 is 0 Å². The van der Waals surface area contributed by atoms with Crippen LogP contribution in [-0.4, -0.2) is 9.13 Å². The lowest BCUT2D eigenvalue weighted by Crippen LogP contribution is -2.17. The highest BCUT2D eigenvalue weighted by atomic mass is 15.1. The molecule has 11 aromatic rings. The molecule has 0 amide bonds. The van der Waals surface area contributed by atoms with Gasteiger partial charge in [0.2, 0.25) is 0 Å². The molecule has 0 radical (unpaired) electrons. The third kappa shape index (κ3) is 5.09. The Labute approximate surface area is 349 Å². The highest BCUT2D eigenvalue weighted by Crippen LogP contribution is 2.55. The zero-order valence-corrected chi connectivity index (χ0v) is 33.5. The number of fused-ring (bicyclic) bond motifs is 9. The van der Waals surface area contributed by atoms with E-state index in [9.17, 15) is 0 Å². The van der Waals surface area contributed by atoms with Gasteiger partial charge in [-0.1, -0.05) is 147 Å². The van der Waals surface area contributed by atoms with Crippen molar-refractivity contribution >= 4 is 60.7 Å². The molecule has 1 aliphatic carbocycles. The molecule has 3 heteroatoms. The first-order valence-corrected chi connectivity index (χ1v) is 20.9. The summed E-state index contributed by atoms with van der Waals surface area (Å²) < 4.78 is 4.81. The molecule has 0 aliphatic heterocycles. The molecule has 0 atom stereocenters. The molecular weight excluding hydrogens is 727 g/mol. The van der Waals surface area contributed by atoms with Gasteiger partial charge in [-0.2, -0.15) is 0 Å². The van der Waals surface area contributed by atoms with Gasteiger partial charge in [0, 0.05) is 55.4 Å². The molecule has 3 nitrogen and oxygen atoms in total. The van der Waals surface area contributed by atoms with Crippen LogP contribution in [0, 0.1) is 0 Å². The Morgan fingerprint density at radius 1 is 0.350 bits per heavy atom. The quantitative estimate of drug-likeness (QED) is 0.164. The Bertz CT molecular complexity index is 3450. The summed E-state index contributed by atoms with van der Waals surface area (Å²) in [5.74, 6) is 0. The zero-order valence-electron chi connectivity index (χ0n) is 33.5. The van der Waals surface area contributed by atoms with Crippen LogP contribution in [0.15, 0.2) is 212 Å². The highest BCUT2D eigenvalue weighted by molar-refractivity contribution is 6.12. The zero-order chi connectivity index (χ0) is 40.0. The maximum absolute atomic E-state index is 2.49. The van der Waals surface area contributed by atoms with Crippen LogP contribution < -0.4 is 4.90 Å². The lowest BCUT2D eigenvalue weighted by Gasteiger charge is -2.29. The summed E-state index contributed by atoms with van der Waals surface area (Å²) in [6.07, 6.45) is 0. The Morgan fingerprint density at radius 2 is 0.850 bits per heavy atom. The second-order valence-corrected chi connectivity index (χ2v) is 16.6. The van der Waals surface area contributed by atoms with Gasteiger partial charge < -0.3 is 14.0 Å². The molecule has 0 bridgehead atoms. The maximum atomic E-state index is 2.49. The summed E-state index contributed by atoms with van der Waals surface area (Å²) in [4.78, 5) is 2.49. The van der Waals surface area contributed by atoms with E-state index in [1.54, 1.807) is 0 Å². The first-order valence-electron chi connectivity index (χ1n) is 20.9. The van der Waals surface area contributed by atoms with Crippen molar-refractivity contribution in [3.8, 4) is 33.6 Å². The lowest BCUT2D eigenvalue weighted by molar-refractivity contribution is 0.662. The Hall–Kier alpha value is -7.62. The lowest BCUT2D eigenvalue weighted by atomic mass is 9.78. The van der Waals surface area contributed by atoms with Crippen molar-refractivity contribution in [2.45, 2.75) is 19.3 Å². The Morgan fingerprint density at radius 3 is 1.55 bits per heavy atom. The maximum Gasteiger partial charge on any atom is 0.0561 e. The van der Waals surface area contributed by atoms with Crippen LogP contribution in [-0.2, 0) is 5.41 Å². The minimum atomic E-state index is -0.172. The van der Waals surface area contributed by atoms with Crippen molar-refractivity contribution in [1.82, 2.24) is 9.13 Å². The molecule has 0 fully saturated rings. The average Bonchev–Trinajstić information content (AvgIpc) is 3.90. The number of para-hydroxylation sites is 4. The number of rotatable bonds is 6. The third-order valence-corrected chi connectivity index (χ3v) is 12.8. The van der Waals surface area contributed by atoms with E-state index in [0.29, 0.717) is 0 Å². The van der Waals surface area contributed by atoms with E-state index in [0.717, 1.165) is 28.4 Å². The van der Waals surface area contributed by atoms with Gasteiger partial charge in [0.15, 0.2) is 0 Å². The predicted molar refractivity (Wildman–Crippen MR) is 253 cm³/mol. The summed E-state index contributed by atoms with van der Waals surface area (Å²) in [5, 5.41) is 4.92. The normalized spacial score (nSPS) is 13.0. The van der Waals surface area contributed by atoms with E-state index in [1.165, 1.54) is 77.0 Å². The first kappa shape index (κ1) is 34.4. The van der Waals surface area contributed by atoms with Gasteiger partial charge in [0.25, 0.3) is 0 Å². The van der Waals surface area contributed by atoms with Crippen LogP contribution in [0.2, 0.25) is 0 Å². The molecule has 0 saturated carbocycles. The van der Waals surface area contributed by atoms with Crippen LogP contribution in [0.25, 0.3) is 77.2 Å². The van der Waals surface area contributed by atoms with Gasteiger partial charge in [-0.15, -0.1) is 0 Å². The smallest absolute Gasteiger partial charge is 0.0561 e. The predicted octanol–water partition coefficient (Wildman–Crippen LogP) is 15.3. The fourth-order valence-electron chi connectivity index (χ4n) is 10.2. The summed E-state index contributed by atoms with van der Waals surface area (Å²) in [7, 11) is 0. The van der Waals surface area contributed by atoms with Crippen molar-refractivity contribution in [3.63, 3.8) is 0 Å². The molecule has 60 heavy (non-hydrogen) atoms. The van der Waals surface area contributed by atoms with Gasteiger partial charge in [-0.05, 0) is 112 Å². The molecule has 9 aromatic carbocycles. The van der Waals surface area contributed by atoms with Crippen molar-refractivity contribution in [1.29, 1.82) is 0 Å². The number of nitrogens with zero attached hydrogens (tertiary/aromatic N) is 3. The SMILES string of the molecule is CC1(C)c2ccccc2-c2cc(N(c3ccc4c(c3)c3ccccc3n4-c3ccccc3)c3ccc4c5ccccc5n(-c5ccccc5)c4c3)cc(-c3ccccc3)c21. The second kappa shape index (κ2) is 13.2. The van der Waals surface area contributed by atoms with Crippen molar-refractivity contribution in [2.24, 2.45) is 0 Å². The van der Waals surface area contributed by atoms with Crippen molar-refractivity contribution in [3.05, 3.63) is 223 Å². The number of anilines is 3. The van der Waals surface area contributed by atoms with Gasteiger partial charge in [-0.25, -0.2) is 0 Å². The van der Waals surface area contributed by atoms with Gasteiger partial charge in [0.1, 0.15) is 0 Å². The second-order valence-electron chi connectivity index (χ2n) is 16.6. The minimum Gasteiger partial charge on any atom is -0.310 e. The summed E-state index contributed by atoms with van der Waals surface area (Å²) in [6, 6.07) is 77.9. The van der Waals surface area contributed by atoms with Crippen LogP contribution in [0.5, 0.6) is 0 Å². The summed E-state index contributed by atoms with van der Waals surface area (Å²) in [5.41, 5.74) is 18.0. The van der Waals surface area contributed by atoms with Crippen LogP contribution in [0.4, 0.5) is 17.1 Å². The minimum absolute atomic E-state index is 0.172. The number of hydrogen-bond acceptors (Lipinski definition) is 1. The number of benzene rings is 9. The molecule has 0 N–H and O–H groups in total. The van der Waals surface area contributed by atoms with Gasteiger partial charge >= 0.3 is 0 Å². The van der Waals surface area contributed by atoms with E-state index in [2.05, 4.69) is 240 Å². The van der Waals surface area contributed by atoms with Gasteiger partial charge in [0.05, 0.1) is 22.1 Å². The standard InChI is InChI=1S/C57H41N3/c1-57(2)51-27-15-12-24-44(51)50-36-43(35-48(56(50)57)38-18-6-3-7-19-38)58(41-31-33-54-49(34-41)46-26-14-17-29-53(46)59(54)39-20-8-4-9-21-39)42-30-32-47-45-25-13-16-28-52(45)60(55(47)37-42)40-22-10-5-11-23-40/h3-37H,1-2H3. The number of hydrogen-bond donors (Lipinski definition) is 0. The average molecular weight is 768 g/mol. The first-order chi connectivity index (χ1) is 29.5. The van der Waals surface area contributed by atoms with E-state index >= 15 is 0 Å².